The van der Waals surface area contributed by atoms with Crippen LogP contribution < -0.4 is 14.4 Å². The second-order valence-electron chi connectivity index (χ2n) is 10.9. The number of nitrogens with zero attached hydrogens (tertiary/aromatic N) is 2. The van der Waals surface area contributed by atoms with E-state index in [1.807, 2.05) is 38.1 Å². The molecule has 1 N–H and O–H groups in total. The van der Waals surface area contributed by atoms with Crippen LogP contribution >= 0.6 is 0 Å². The molecule has 0 aromatic heterocycles. The molecule has 3 unspecified atom stereocenters. The van der Waals surface area contributed by atoms with Gasteiger partial charge < -0.3 is 19.5 Å². The molecule has 8 heteroatoms. The molecule has 0 bridgehead atoms. The maximum absolute atomic E-state index is 13.8. The predicted molar refractivity (Wildman–Crippen MR) is 161 cm³/mol. The zero-order valence-corrected chi connectivity index (χ0v) is 24.2. The summed E-state index contributed by atoms with van der Waals surface area (Å²) in [6.45, 7) is 3.93. The van der Waals surface area contributed by atoms with Gasteiger partial charge >= 0.3 is 0 Å². The van der Waals surface area contributed by atoms with E-state index in [1.165, 1.54) is 11.6 Å². The smallest absolute Gasteiger partial charge is 0.263 e. The molecule has 0 spiro atoms. The van der Waals surface area contributed by atoms with Gasteiger partial charge in [-0.05, 0) is 68.1 Å². The van der Waals surface area contributed by atoms with Gasteiger partial charge in [-0.25, -0.2) is 4.90 Å². The van der Waals surface area contributed by atoms with Gasteiger partial charge in [-0.15, -0.1) is 0 Å². The first-order chi connectivity index (χ1) is 20.8. The molecule has 2 aliphatic heterocycles. The molecule has 4 aromatic rings. The van der Waals surface area contributed by atoms with Gasteiger partial charge in [0.15, 0.2) is 17.7 Å². The molecule has 6 rings (SSSR count). The van der Waals surface area contributed by atoms with E-state index in [1.54, 1.807) is 60.5 Å². The monoisotopic (exact) mass is 576 g/mol. The average Bonchev–Trinajstić information content (AvgIpc) is 3.43. The highest BCUT2D eigenvalue weighted by Crippen LogP contribution is 2.42. The van der Waals surface area contributed by atoms with E-state index < -0.39 is 18.0 Å². The number of aliphatic hydroxyl groups is 1. The molecule has 0 saturated heterocycles. The summed E-state index contributed by atoms with van der Waals surface area (Å²) in [6.07, 6.45) is 0.187. The van der Waals surface area contributed by atoms with E-state index in [2.05, 4.69) is 12.1 Å². The third kappa shape index (κ3) is 5.04. The van der Waals surface area contributed by atoms with Crippen LogP contribution in [0, 0.1) is 0 Å². The van der Waals surface area contributed by atoms with Gasteiger partial charge in [-0.3, -0.25) is 14.4 Å². The fourth-order valence-corrected chi connectivity index (χ4v) is 5.86. The Bertz CT molecular complexity index is 1720. The van der Waals surface area contributed by atoms with Gasteiger partial charge in [-0.2, -0.15) is 0 Å². The SMILES string of the molecule is COc1ccc(N2C(=O)c3cc(C(=O)N4C(=O)c5ccccc5C4O)ccc3C2C)cc1OC(C)CCc1ccccc1. The summed E-state index contributed by atoms with van der Waals surface area (Å²) in [5.74, 6) is -0.413. The normalized spacial score (nSPS) is 18.0. The minimum atomic E-state index is -1.39. The molecule has 4 aromatic carbocycles. The van der Waals surface area contributed by atoms with Crippen LogP contribution in [0.15, 0.2) is 91.0 Å². The lowest BCUT2D eigenvalue weighted by Gasteiger charge is -2.24. The number of aryl methyl sites for hydroxylation is 1. The van der Waals surface area contributed by atoms with E-state index in [-0.39, 0.29) is 29.2 Å². The first-order valence-corrected chi connectivity index (χ1v) is 14.3. The van der Waals surface area contributed by atoms with Crippen LogP contribution in [0.1, 0.15) is 80.3 Å². The quantitative estimate of drug-likeness (QED) is 0.255. The number of hydrogen-bond donors (Lipinski definition) is 1. The molecule has 43 heavy (non-hydrogen) atoms. The lowest BCUT2D eigenvalue weighted by Crippen LogP contribution is -2.34. The maximum Gasteiger partial charge on any atom is 0.263 e. The average molecular weight is 577 g/mol. The van der Waals surface area contributed by atoms with Gasteiger partial charge in [0.1, 0.15) is 0 Å². The fraction of sp³-hybridized carbons (Fsp3) is 0.229. The van der Waals surface area contributed by atoms with Crippen LogP contribution in [-0.2, 0) is 6.42 Å². The highest BCUT2D eigenvalue weighted by Gasteiger charge is 2.41. The molecule has 218 valence electrons. The molecule has 2 heterocycles. The summed E-state index contributed by atoms with van der Waals surface area (Å²) in [5, 5.41) is 10.7. The third-order valence-corrected chi connectivity index (χ3v) is 8.17. The van der Waals surface area contributed by atoms with Crippen molar-refractivity contribution < 1.29 is 29.0 Å². The number of rotatable bonds is 8. The standard InChI is InChI=1S/C35H32N2O6/c1-21(13-14-23-9-5-4-6-10-23)43-31-20-25(16-18-30(31)42-3)36-22(2)26-17-15-24(19-29(26)35(36)41)32(38)37-33(39)27-11-7-8-12-28(27)34(37)40/h4-12,15-22,33,39H,13-14H2,1-3H3. The Morgan fingerprint density at radius 1 is 0.860 bits per heavy atom. The van der Waals surface area contributed by atoms with Crippen molar-refractivity contribution in [2.45, 2.75) is 45.1 Å². The zero-order valence-electron chi connectivity index (χ0n) is 24.2. The second kappa shape index (κ2) is 11.4. The second-order valence-corrected chi connectivity index (χ2v) is 10.9. The maximum atomic E-state index is 13.8. The van der Waals surface area contributed by atoms with Crippen LogP contribution in [-0.4, -0.2) is 40.9 Å². The number of ether oxygens (including phenoxy) is 2. The summed E-state index contributed by atoms with van der Waals surface area (Å²) in [4.78, 5) is 42.6. The number of anilines is 1. The number of hydrogen-bond acceptors (Lipinski definition) is 6. The molecular formula is C35H32N2O6. The van der Waals surface area contributed by atoms with Crippen LogP contribution in [0.3, 0.4) is 0 Å². The van der Waals surface area contributed by atoms with Crippen LogP contribution in [0.25, 0.3) is 0 Å². The number of carbonyl (C=O) groups excluding carboxylic acids is 3. The van der Waals surface area contributed by atoms with Gasteiger partial charge in [0.2, 0.25) is 0 Å². The van der Waals surface area contributed by atoms with Crippen molar-refractivity contribution in [1.29, 1.82) is 0 Å². The minimum absolute atomic E-state index is 0.100. The lowest BCUT2D eigenvalue weighted by atomic mass is 10.0. The van der Waals surface area contributed by atoms with Crippen molar-refractivity contribution in [1.82, 2.24) is 4.90 Å². The van der Waals surface area contributed by atoms with Crippen LogP contribution in [0.2, 0.25) is 0 Å². The van der Waals surface area contributed by atoms with Crippen LogP contribution in [0.4, 0.5) is 5.69 Å². The third-order valence-electron chi connectivity index (χ3n) is 8.17. The van der Waals surface area contributed by atoms with Crippen molar-refractivity contribution in [2.75, 3.05) is 12.0 Å². The van der Waals surface area contributed by atoms with Crippen molar-refractivity contribution in [3.8, 4) is 11.5 Å². The van der Waals surface area contributed by atoms with E-state index in [0.29, 0.717) is 28.3 Å². The number of aliphatic hydroxyl groups excluding tert-OH is 1. The van der Waals surface area contributed by atoms with Gasteiger partial charge in [0.05, 0.1) is 19.3 Å². The van der Waals surface area contributed by atoms with Gasteiger partial charge in [-0.1, -0.05) is 54.6 Å². The first kappa shape index (κ1) is 28.2. The Morgan fingerprint density at radius 2 is 1.60 bits per heavy atom. The summed E-state index contributed by atoms with van der Waals surface area (Å²) in [5.41, 5.74) is 3.80. The fourth-order valence-electron chi connectivity index (χ4n) is 5.86. The van der Waals surface area contributed by atoms with E-state index in [9.17, 15) is 19.5 Å². The van der Waals surface area contributed by atoms with Crippen molar-refractivity contribution >= 4 is 23.4 Å². The topological polar surface area (TPSA) is 96.4 Å². The minimum Gasteiger partial charge on any atom is -0.493 e. The van der Waals surface area contributed by atoms with Crippen molar-refractivity contribution in [3.63, 3.8) is 0 Å². The molecule has 8 nitrogen and oxygen atoms in total. The summed E-state index contributed by atoms with van der Waals surface area (Å²) in [6, 6.07) is 26.7. The van der Waals surface area contributed by atoms with Gasteiger partial charge in [0, 0.05) is 34.0 Å². The molecule has 3 amide bonds. The largest absolute Gasteiger partial charge is 0.493 e. The van der Waals surface area contributed by atoms with Crippen LogP contribution in [0.5, 0.6) is 11.5 Å². The predicted octanol–water partition coefficient (Wildman–Crippen LogP) is 6.10. The Hall–Kier alpha value is -4.95. The number of benzene rings is 4. The Balaban J connectivity index is 1.22. The lowest BCUT2D eigenvalue weighted by molar-refractivity contribution is 0.0176. The molecule has 3 atom stereocenters. The Kier molecular flexibility index (Phi) is 7.46. The van der Waals surface area contributed by atoms with Crippen molar-refractivity contribution in [2.24, 2.45) is 0 Å². The molecule has 0 radical (unpaired) electrons. The zero-order chi connectivity index (χ0) is 30.2. The first-order valence-electron chi connectivity index (χ1n) is 14.3. The molecule has 0 aliphatic carbocycles. The number of carbonyl (C=O) groups is 3. The summed E-state index contributed by atoms with van der Waals surface area (Å²) >= 11 is 0. The Morgan fingerprint density at radius 3 is 2.35 bits per heavy atom. The highest BCUT2D eigenvalue weighted by molar-refractivity contribution is 6.15. The molecule has 0 saturated carbocycles. The van der Waals surface area contributed by atoms with E-state index in [0.717, 1.165) is 23.3 Å². The highest BCUT2D eigenvalue weighted by atomic mass is 16.5. The number of fused-ring (bicyclic) bond motifs is 2. The number of methoxy groups -OCH3 is 1. The summed E-state index contributed by atoms with van der Waals surface area (Å²) < 4.78 is 11.8. The van der Waals surface area contributed by atoms with E-state index in [4.69, 9.17) is 9.47 Å². The van der Waals surface area contributed by atoms with E-state index >= 15 is 0 Å². The number of imide groups is 1. The van der Waals surface area contributed by atoms with Crippen molar-refractivity contribution in [3.05, 3.63) is 124 Å². The molecule has 2 aliphatic rings. The van der Waals surface area contributed by atoms with Gasteiger partial charge in [0.25, 0.3) is 17.7 Å². The number of amides is 3. The summed E-state index contributed by atoms with van der Waals surface area (Å²) in [7, 11) is 1.58. The molecular weight excluding hydrogens is 544 g/mol. The Labute approximate surface area is 250 Å². The molecule has 0 fully saturated rings.